The summed E-state index contributed by atoms with van der Waals surface area (Å²) in [5.41, 5.74) is 7.02. The van der Waals surface area contributed by atoms with E-state index in [2.05, 4.69) is 4.90 Å². The predicted octanol–water partition coefficient (Wildman–Crippen LogP) is 1.21. The maximum Gasteiger partial charge on any atom is 0.222 e. The van der Waals surface area contributed by atoms with Crippen LogP contribution in [0.25, 0.3) is 0 Å². The Balaban J connectivity index is 1.66. The third kappa shape index (κ3) is 2.56. The summed E-state index contributed by atoms with van der Waals surface area (Å²) in [4.78, 5) is 15.9. The first-order valence-electron chi connectivity index (χ1n) is 6.68. The fraction of sp³-hybridized carbons (Fsp3) is 0.500. The Hall–Kier alpha value is -1.62. The van der Waals surface area contributed by atoms with E-state index in [1.807, 2.05) is 11.0 Å². The molecular formula is C14H18FN3O. The standard InChI is InChI=1S/C14H18FN3O/c15-11-5-10(6-12(16)7-11)8-17-3-4-18-13(9-17)1-2-14(18)19/h5-7,13H,1-4,8-9,16H2. The van der Waals surface area contributed by atoms with Gasteiger partial charge in [0.2, 0.25) is 5.91 Å². The number of hydrogen-bond donors (Lipinski definition) is 1. The first-order chi connectivity index (χ1) is 9.11. The van der Waals surface area contributed by atoms with Crippen molar-refractivity contribution in [2.24, 2.45) is 0 Å². The lowest BCUT2D eigenvalue weighted by molar-refractivity contribution is -0.130. The smallest absolute Gasteiger partial charge is 0.222 e. The molecule has 1 aromatic rings. The van der Waals surface area contributed by atoms with Gasteiger partial charge in [-0.2, -0.15) is 0 Å². The van der Waals surface area contributed by atoms with Crippen LogP contribution >= 0.6 is 0 Å². The van der Waals surface area contributed by atoms with E-state index in [-0.39, 0.29) is 11.7 Å². The van der Waals surface area contributed by atoms with Crippen LogP contribution in [0.4, 0.5) is 10.1 Å². The molecule has 0 radical (unpaired) electrons. The fourth-order valence-corrected chi connectivity index (χ4v) is 3.10. The Morgan fingerprint density at radius 1 is 1.32 bits per heavy atom. The van der Waals surface area contributed by atoms with Crippen molar-refractivity contribution in [2.45, 2.75) is 25.4 Å². The number of nitrogen functional groups attached to an aromatic ring is 1. The van der Waals surface area contributed by atoms with Gasteiger partial charge in [-0.05, 0) is 30.2 Å². The summed E-state index contributed by atoms with van der Waals surface area (Å²) < 4.78 is 13.3. The molecule has 0 aliphatic carbocycles. The number of nitrogens with zero attached hydrogens (tertiary/aromatic N) is 2. The molecule has 102 valence electrons. The summed E-state index contributed by atoms with van der Waals surface area (Å²) in [7, 11) is 0. The monoisotopic (exact) mass is 263 g/mol. The average Bonchev–Trinajstić information content (AvgIpc) is 2.69. The van der Waals surface area contributed by atoms with Crippen molar-refractivity contribution in [3.05, 3.63) is 29.6 Å². The molecule has 2 aliphatic rings. The number of halogens is 1. The minimum atomic E-state index is -0.287. The van der Waals surface area contributed by atoms with E-state index in [0.29, 0.717) is 24.7 Å². The highest BCUT2D eigenvalue weighted by atomic mass is 19.1. The van der Waals surface area contributed by atoms with Gasteiger partial charge in [0.15, 0.2) is 0 Å². The molecule has 1 unspecified atom stereocenters. The van der Waals surface area contributed by atoms with Crippen LogP contribution in [0.1, 0.15) is 18.4 Å². The Kier molecular flexibility index (Phi) is 3.14. The van der Waals surface area contributed by atoms with Crippen LogP contribution in [0, 0.1) is 5.82 Å². The summed E-state index contributed by atoms with van der Waals surface area (Å²) in [5, 5.41) is 0. The molecule has 0 saturated carbocycles. The molecule has 5 heteroatoms. The van der Waals surface area contributed by atoms with Crippen LogP contribution in [0.15, 0.2) is 18.2 Å². The number of piperazine rings is 1. The second kappa shape index (κ2) is 4.81. The molecule has 2 saturated heterocycles. The molecule has 19 heavy (non-hydrogen) atoms. The zero-order valence-electron chi connectivity index (χ0n) is 10.8. The summed E-state index contributed by atoms with van der Waals surface area (Å²) >= 11 is 0. The molecular weight excluding hydrogens is 245 g/mol. The van der Waals surface area contributed by atoms with Crippen LogP contribution in [0.2, 0.25) is 0 Å². The molecule has 2 heterocycles. The number of fused-ring (bicyclic) bond motifs is 1. The highest BCUT2D eigenvalue weighted by Gasteiger charge is 2.35. The van der Waals surface area contributed by atoms with E-state index >= 15 is 0 Å². The first kappa shape index (κ1) is 12.4. The van der Waals surface area contributed by atoms with Crippen molar-refractivity contribution in [1.82, 2.24) is 9.80 Å². The van der Waals surface area contributed by atoms with Gasteiger partial charge in [-0.1, -0.05) is 0 Å². The lowest BCUT2D eigenvalue weighted by Crippen LogP contribution is -2.50. The van der Waals surface area contributed by atoms with Crippen molar-refractivity contribution < 1.29 is 9.18 Å². The Bertz CT molecular complexity index is 485. The molecule has 2 aliphatic heterocycles. The molecule has 1 atom stereocenters. The van der Waals surface area contributed by atoms with Gasteiger partial charge >= 0.3 is 0 Å². The van der Waals surface area contributed by atoms with Gasteiger partial charge in [0.25, 0.3) is 0 Å². The second-order valence-corrected chi connectivity index (χ2v) is 5.41. The van der Waals surface area contributed by atoms with Crippen LogP contribution in [0.5, 0.6) is 0 Å². The molecule has 1 amide bonds. The van der Waals surface area contributed by atoms with Gasteiger partial charge in [-0.3, -0.25) is 9.69 Å². The van der Waals surface area contributed by atoms with E-state index in [4.69, 9.17) is 5.73 Å². The molecule has 3 rings (SSSR count). The predicted molar refractivity (Wildman–Crippen MR) is 70.8 cm³/mol. The van der Waals surface area contributed by atoms with Crippen LogP contribution < -0.4 is 5.73 Å². The number of nitrogens with two attached hydrogens (primary N) is 1. The number of amides is 1. The summed E-state index contributed by atoms with van der Waals surface area (Å²) in [6.07, 6.45) is 1.62. The number of benzene rings is 1. The Morgan fingerprint density at radius 3 is 2.95 bits per heavy atom. The Labute approximate surface area is 112 Å². The number of hydrogen-bond acceptors (Lipinski definition) is 3. The number of anilines is 1. The maximum absolute atomic E-state index is 13.3. The van der Waals surface area contributed by atoms with Gasteiger partial charge in [0.1, 0.15) is 5.82 Å². The normalized spacial score (nSPS) is 23.7. The SMILES string of the molecule is Nc1cc(F)cc(CN2CCN3C(=O)CCC3C2)c1. The fourth-order valence-electron chi connectivity index (χ4n) is 3.10. The van der Waals surface area contributed by atoms with E-state index in [9.17, 15) is 9.18 Å². The largest absolute Gasteiger partial charge is 0.399 e. The van der Waals surface area contributed by atoms with E-state index in [1.165, 1.54) is 12.1 Å². The van der Waals surface area contributed by atoms with Crippen molar-refractivity contribution in [3.63, 3.8) is 0 Å². The van der Waals surface area contributed by atoms with Gasteiger partial charge in [0.05, 0.1) is 0 Å². The number of carbonyl (C=O) groups is 1. The van der Waals surface area contributed by atoms with Gasteiger partial charge in [0, 0.05) is 44.3 Å². The van der Waals surface area contributed by atoms with Crippen molar-refractivity contribution in [1.29, 1.82) is 0 Å². The zero-order valence-corrected chi connectivity index (χ0v) is 10.8. The quantitative estimate of drug-likeness (QED) is 0.816. The minimum Gasteiger partial charge on any atom is -0.399 e. The molecule has 0 spiro atoms. The number of rotatable bonds is 2. The van der Waals surface area contributed by atoms with Gasteiger partial charge < -0.3 is 10.6 Å². The van der Waals surface area contributed by atoms with Crippen LogP contribution in [0.3, 0.4) is 0 Å². The molecule has 2 N–H and O–H groups in total. The van der Waals surface area contributed by atoms with Gasteiger partial charge in [-0.15, -0.1) is 0 Å². The summed E-state index contributed by atoms with van der Waals surface area (Å²) in [6, 6.07) is 5.02. The average molecular weight is 263 g/mol. The van der Waals surface area contributed by atoms with E-state index in [1.54, 1.807) is 0 Å². The molecule has 0 bridgehead atoms. The first-order valence-corrected chi connectivity index (χ1v) is 6.68. The molecule has 0 aromatic heterocycles. The van der Waals surface area contributed by atoms with E-state index < -0.39 is 0 Å². The lowest BCUT2D eigenvalue weighted by Gasteiger charge is -2.37. The van der Waals surface area contributed by atoms with Crippen molar-refractivity contribution in [2.75, 3.05) is 25.4 Å². The van der Waals surface area contributed by atoms with Crippen LogP contribution in [-0.4, -0.2) is 41.4 Å². The number of carbonyl (C=O) groups excluding carboxylic acids is 1. The van der Waals surface area contributed by atoms with Gasteiger partial charge in [-0.25, -0.2) is 4.39 Å². The third-order valence-electron chi connectivity index (χ3n) is 3.96. The van der Waals surface area contributed by atoms with Crippen molar-refractivity contribution >= 4 is 11.6 Å². The highest BCUT2D eigenvalue weighted by molar-refractivity contribution is 5.78. The summed E-state index contributed by atoms with van der Waals surface area (Å²) in [5.74, 6) is -0.00988. The minimum absolute atomic E-state index is 0.277. The molecule has 2 fully saturated rings. The molecule has 4 nitrogen and oxygen atoms in total. The summed E-state index contributed by atoms with van der Waals surface area (Å²) in [6.45, 7) is 3.20. The molecule has 1 aromatic carbocycles. The third-order valence-corrected chi connectivity index (χ3v) is 3.96. The second-order valence-electron chi connectivity index (χ2n) is 5.41. The zero-order chi connectivity index (χ0) is 13.4. The van der Waals surface area contributed by atoms with Crippen LogP contribution in [-0.2, 0) is 11.3 Å². The van der Waals surface area contributed by atoms with Crippen molar-refractivity contribution in [3.8, 4) is 0 Å². The Morgan fingerprint density at radius 2 is 2.16 bits per heavy atom. The highest BCUT2D eigenvalue weighted by Crippen LogP contribution is 2.24. The topological polar surface area (TPSA) is 49.6 Å². The lowest BCUT2D eigenvalue weighted by atomic mass is 10.1. The maximum atomic E-state index is 13.3. The van der Waals surface area contributed by atoms with E-state index in [0.717, 1.165) is 31.6 Å².